The molecule has 1 atom stereocenters. The highest BCUT2D eigenvalue weighted by atomic mass is 16.5. The molecule has 1 unspecified atom stereocenters. The van der Waals surface area contributed by atoms with Crippen LogP contribution in [-0.4, -0.2) is 12.4 Å². The third kappa shape index (κ3) is 4.38. The SMILES string of the molecule is CCCCCOc1ccc(C2(c3ccccc3)C=C[O+]=C(c3ccccc3)C2)cc1. The first-order chi connectivity index (χ1) is 14.8. The molecule has 0 bridgehead atoms. The first kappa shape index (κ1) is 20.2. The molecule has 4 rings (SSSR count). The van der Waals surface area contributed by atoms with Crippen molar-refractivity contribution in [3.63, 3.8) is 0 Å². The Morgan fingerprint density at radius 2 is 1.47 bits per heavy atom. The van der Waals surface area contributed by atoms with E-state index in [0.29, 0.717) is 0 Å². The van der Waals surface area contributed by atoms with Gasteiger partial charge in [-0.15, -0.1) is 0 Å². The lowest BCUT2D eigenvalue weighted by molar-refractivity contribution is -0.179. The molecule has 0 aromatic heterocycles. The Hall–Kier alpha value is -3.13. The van der Waals surface area contributed by atoms with Gasteiger partial charge in [0.1, 0.15) is 5.75 Å². The summed E-state index contributed by atoms with van der Waals surface area (Å²) in [7, 11) is 0. The van der Waals surface area contributed by atoms with Crippen LogP contribution >= 0.6 is 0 Å². The molecule has 0 N–H and O–H groups in total. The lowest BCUT2D eigenvalue weighted by Crippen LogP contribution is -2.31. The Bertz CT molecular complexity index is 988. The van der Waals surface area contributed by atoms with Crippen molar-refractivity contribution in [2.75, 3.05) is 6.61 Å². The van der Waals surface area contributed by atoms with Gasteiger partial charge in [0.2, 0.25) is 0 Å². The van der Waals surface area contributed by atoms with Crippen LogP contribution in [0.2, 0.25) is 0 Å². The van der Waals surface area contributed by atoms with Crippen molar-refractivity contribution in [2.24, 2.45) is 0 Å². The van der Waals surface area contributed by atoms with E-state index in [4.69, 9.17) is 9.16 Å². The lowest BCUT2D eigenvalue weighted by Gasteiger charge is -2.30. The molecule has 0 saturated heterocycles. The van der Waals surface area contributed by atoms with Gasteiger partial charge in [0.25, 0.3) is 0 Å². The third-order valence-corrected chi connectivity index (χ3v) is 5.77. The normalized spacial score (nSPS) is 18.1. The van der Waals surface area contributed by atoms with E-state index in [0.717, 1.165) is 36.5 Å². The summed E-state index contributed by atoms with van der Waals surface area (Å²) in [6.07, 6.45) is 8.31. The summed E-state index contributed by atoms with van der Waals surface area (Å²) >= 11 is 0. The maximum Gasteiger partial charge on any atom is 0.337 e. The number of rotatable bonds is 8. The maximum atomic E-state index is 5.97. The molecule has 1 heterocycles. The van der Waals surface area contributed by atoms with E-state index >= 15 is 0 Å². The largest absolute Gasteiger partial charge is 0.494 e. The highest BCUT2D eigenvalue weighted by Crippen LogP contribution is 2.40. The second-order valence-electron chi connectivity index (χ2n) is 7.80. The predicted molar refractivity (Wildman–Crippen MR) is 123 cm³/mol. The standard InChI is InChI=1S/C28H29O2/c1-2-3-10-20-29-26-17-15-25(16-18-26)28(24-13-8-5-9-14-24)19-21-30-27(22-28)23-11-6-4-7-12-23/h4-9,11-19,21H,2-3,10,20,22H2,1H3/q+1. The van der Waals surface area contributed by atoms with Crippen LogP contribution in [0.15, 0.2) is 97.3 Å². The molecule has 3 aromatic rings. The highest BCUT2D eigenvalue weighted by Gasteiger charge is 2.41. The summed E-state index contributed by atoms with van der Waals surface area (Å²) in [5.41, 5.74) is 3.35. The van der Waals surface area contributed by atoms with Crippen molar-refractivity contribution in [3.8, 4) is 5.75 Å². The van der Waals surface area contributed by atoms with E-state index in [1.807, 2.05) is 12.3 Å². The van der Waals surface area contributed by atoms with Crippen LogP contribution in [0.25, 0.3) is 0 Å². The fourth-order valence-corrected chi connectivity index (χ4v) is 4.07. The minimum absolute atomic E-state index is 0.272. The van der Waals surface area contributed by atoms with E-state index in [2.05, 4.69) is 91.9 Å². The molecule has 0 radical (unpaired) electrons. The van der Waals surface area contributed by atoms with Gasteiger partial charge in [-0.2, -0.15) is 0 Å². The van der Waals surface area contributed by atoms with Gasteiger partial charge < -0.3 is 4.74 Å². The zero-order valence-electron chi connectivity index (χ0n) is 17.6. The Morgan fingerprint density at radius 3 is 2.17 bits per heavy atom. The molecule has 0 spiro atoms. The zero-order chi connectivity index (χ0) is 20.7. The number of unbranched alkanes of at least 4 members (excludes halogenated alkanes) is 2. The van der Waals surface area contributed by atoms with Crippen molar-refractivity contribution in [1.29, 1.82) is 0 Å². The van der Waals surface area contributed by atoms with Crippen LogP contribution in [0.1, 0.15) is 53.7 Å². The summed E-state index contributed by atoms with van der Waals surface area (Å²) in [5, 5.41) is 0. The van der Waals surface area contributed by atoms with E-state index in [9.17, 15) is 0 Å². The number of ketones is 1. The third-order valence-electron chi connectivity index (χ3n) is 5.77. The smallest absolute Gasteiger partial charge is 0.337 e. The molecular weight excluding hydrogens is 368 g/mol. The van der Waals surface area contributed by atoms with Crippen LogP contribution in [0.4, 0.5) is 0 Å². The number of allylic oxidation sites excluding steroid dienone is 1. The molecule has 1 aliphatic heterocycles. The first-order valence-electron chi connectivity index (χ1n) is 10.9. The Labute approximate surface area is 179 Å². The Morgan fingerprint density at radius 1 is 0.800 bits per heavy atom. The van der Waals surface area contributed by atoms with Crippen molar-refractivity contribution in [1.82, 2.24) is 0 Å². The average Bonchev–Trinajstić information content (AvgIpc) is 2.83. The molecule has 0 fully saturated rings. The molecule has 2 heteroatoms. The predicted octanol–water partition coefficient (Wildman–Crippen LogP) is 6.88. The van der Waals surface area contributed by atoms with Gasteiger partial charge >= 0.3 is 12.0 Å². The summed E-state index contributed by atoms with van der Waals surface area (Å²) in [6, 6.07) is 29.6. The van der Waals surface area contributed by atoms with Crippen LogP contribution in [-0.2, 0) is 5.41 Å². The van der Waals surface area contributed by atoms with Crippen LogP contribution in [0.5, 0.6) is 5.75 Å². The second kappa shape index (κ2) is 9.58. The molecule has 3 aromatic carbocycles. The Balaban J connectivity index is 1.65. The van der Waals surface area contributed by atoms with E-state index in [1.54, 1.807) is 0 Å². The number of hydrogen-bond donors (Lipinski definition) is 0. The van der Waals surface area contributed by atoms with Crippen molar-refractivity contribution in [2.45, 2.75) is 38.0 Å². The molecule has 0 aliphatic carbocycles. The number of carbonyl (C=O) groups excluding carboxylic acids is 1. The summed E-state index contributed by atoms with van der Waals surface area (Å²) in [4.78, 5) is 0. The summed E-state index contributed by atoms with van der Waals surface area (Å²) in [5.74, 6) is 1.92. The zero-order valence-corrected chi connectivity index (χ0v) is 17.6. The minimum atomic E-state index is -0.272. The van der Waals surface area contributed by atoms with Crippen LogP contribution in [0, 0.1) is 0 Å². The van der Waals surface area contributed by atoms with Crippen molar-refractivity contribution >= 4 is 5.78 Å². The monoisotopic (exact) mass is 397 g/mol. The second-order valence-corrected chi connectivity index (χ2v) is 7.80. The van der Waals surface area contributed by atoms with E-state index in [-0.39, 0.29) is 5.41 Å². The maximum absolute atomic E-state index is 5.97. The summed E-state index contributed by atoms with van der Waals surface area (Å²) < 4.78 is 11.9. The van der Waals surface area contributed by atoms with Crippen LogP contribution < -0.4 is 4.74 Å². The van der Waals surface area contributed by atoms with Crippen LogP contribution in [0.3, 0.4) is 0 Å². The lowest BCUT2D eigenvalue weighted by atomic mass is 9.70. The summed E-state index contributed by atoms with van der Waals surface area (Å²) in [6.45, 7) is 2.98. The van der Waals surface area contributed by atoms with Gasteiger partial charge in [0.05, 0.1) is 24.0 Å². The van der Waals surface area contributed by atoms with Crippen molar-refractivity contribution < 1.29 is 9.16 Å². The van der Waals surface area contributed by atoms with Gasteiger partial charge in [0.15, 0.2) is 0 Å². The van der Waals surface area contributed by atoms with Gasteiger partial charge in [-0.1, -0.05) is 80.4 Å². The molecule has 2 nitrogen and oxygen atoms in total. The van der Waals surface area contributed by atoms with E-state index < -0.39 is 0 Å². The number of hydrogen-bond acceptors (Lipinski definition) is 1. The number of benzene rings is 3. The molecule has 152 valence electrons. The van der Waals surface area contributed by atoms with Gasteiger partial charge in [-0.25, -0.2) is 4.42 Å². The minimum Gasteiger partial charge on any atom is -0.494 e. The molecular formula is C28H29O2+. The highest BCUT2D eigenvalue weighted by molar-refractivity contribution is 5.98. The first-order valence-corrected chi connectivity index (χ1v) is 10.9. The Kier molecular flexibility index (Phi) is 6.44. The quantitative estimate of drug-likeness (QED) is 0.300. The fourth-order valence-electron chi connectivity index (χ4n) is 4.07. The van der Waals surface area contributed by atoms with Gasteiger partial charge in [-0.3, -0.25) is 0 Å². The molecule has 1 aliphatic rings. The van der Waals surface area contributed by atoms with Gasteiger partial charge in [-0.05, 0) is 41.8 Å². The van der Waals surface area contributed by atoms with E-state index in [1.165, 1.54) is 24.0 Å². The average molecular weight is 398 g/mol. The molecule has 0 amide bonds. The molecule has 0 saturated carbocycles. The number of ether oxygens (including phenoxy) is 1. The van der Waals surface area contributed by atoms with Gasteiger partial charge in [0, 0.05) is 6.08 Å². The topological polar surface area (TPSA) is 20.5 Å². The van der Waals surface area contributed by atoms with Crippen molar-refractivity contribution in [3.05, 3.63) is 114 Å². The molecule has 30 heavy (non-hydrogen) atoms. The fraction of sp³-hybridized carbons (Fsp3) is 0.250.